The van der Waals surface area contributed by atoms with Crippen molar-refractivity contribution in [3.63, 3.8) is 0 Å². The molecule has 0 amide bonds. The number of hydrogen-bond donors (Lipinski definition) is 2. The Morgan fingerprint density at radius 1 is 1.40 bits per heavy atom. The SMILES string of the molecule is Cc1sc(C(=O)O)cc1CNCCC1CCC(C)CC1. The molecule has 0 aliphatic heterocycles. The Balaban J connectivity index is 1.69. The van der Waals surface area contributed by atoms with Crippen LogP contribution in [-0.4, -0.2) is 17.6 Å². The van der Waals surface area contributed by atoms with Crippen molar-refractivity contribution in [2.45, 2.75) is 52.5 Å². The lowest BCUT2D eigenvalue weighted by Crippen LogP contribution is -2.20. The third-order valence-electron chi connectivity index (χ3n) is 4.41. The second-order valence-corrected chi connectivity index (χ2v) is 7.34. The van der Waals surface area contributed by atoms with Crippen LogP contribution in [0.4, 0.5) is 0 Å². The molecule has 0 radical (unpaired) electrons. The molecule has 1 heterocycles. The summed E-state index contributed by atoms with van der Waals surface area (Å²) in [5.41, 5.74) is 1.13. The van der Waals surface area contributed by atoms with Crippen molar-refractivity contribution in [1.82, 2.24) is 5.32 Å². The molecule has 1 aromatic rings. The van der Waals surface area contributed by atoms with Gasteiger partial charge in [0.2, 0.25) is 0 Å². The third kappa shape index (κ3) is 4.32. The summed E-state index contributed by atoms with van der Waals surface area (Å²) < 4.78 is 0. The van der Waals surface area contributed by atoms with E-state index in [1.807, 2.05) is 6.92 Å². The maximum atomic E-state index is 10.9. The summed E-state index contributed by atoms with van der Waals surface area (Å²) in [6.45, 7) is 6.18. The third-order valence-corrected chi connectivity index (χ3v) is 5.49. The van der Waals surface area contributed by atoms with Gasteiger partial charge >= 0.3 is 5.97 Å². The highest BCUT2D eigenvalue weighted by molar-refractivity contribution is 7.14. The summed E-state index contributed by atoms with van der Waals surface area (Å²) in [7, 11) is 0. The van der Waals surface area contributed by atoms with Crippen LogP contribution in [0.5, 0.6) is 0 Å². The Hall–Kier alpha value is -0.870. The normalized spacial score (nSPS) is 22.9. The molecule has 1 saturated carbocycles. The number of aryl methyl sites for hydroxylation is 1. The molecule has 0 aromatic carbocycles. The quantitative estimate of drug-likeness (QED) is 0.778. The van der Waals surface area contributed by atoms with Gasteiger partial charge < -0.3 is 10.4 Å². The predicted octanol–water partition coefficient (Wildman–Crippen LogP) is 4.06. The van der Waals surface area contributed by atoms with E-state index in [0.29, 0.717) is 4.88 Å². The van der Waals surface area contributed by atoms with Crippen molar-refractivity contribution in [3.05, 3.63) is 21.4 Å². The lowest BCUT2D eigenvalue weighted by Gasteiger charge is -2.26. The van der Waals surface area contributed by atoms with E-state index in [9.17, 15) is 4.79 Å². The minimum Gasteiger partial charge on any atom is -0.477 e. The van der Waals surface area contributed by atoms with Gasteiger partial charge in [0.15, 0.2) is 0 Å². The lowest BCUT2D eigenvalue weighted by molar-refractivity contribution is 0.0702. The first kappa shape index (κ1) is 15.5. The molecule has 2 N–H and O–H groups in total. The van der Waals surface area contributed by atoms with Gasteiger partial charge in [0, 0.05) is 11.4 Å². The monoisotopic (exact) mass is 295 g/mol. The Kier molecular flexibility index (Phi) is 5.61. The van der Waals surface area contributed by atoms with Crippen LogP contribution in [0.25, 0.3) is 0 Å². The number of thiophene rings is 1. The first-order valence-corrected chi connectivity index (χ1v) is 8.41. The molecule has 1 fully saturated rings. The number of carboxylic acid groups (broad SMARTS) is 1. The maximum Gasteiger partial charge on any atom is 0.345 e. The molecular weight excluding hydrogens is 270 g/mol. The minimum atomic E-state index is -0.819. The molecule has 2 rings (SSSR count). The molecule has 0 unspecified atom stereocenters. The molecule has 1 aliphatic rings. The molecule has 1 aromatic heterocycles. The van der Waals surface area contributed by atoms with Crippen LogP contribution in [0.3, 0.4) is 0 Å². The highest BCUT2D eigenvalue weighted by atomic mass is 32.1. The molecule has 4 heteroatoms. The van der Waals surface area contributed by atoms with E-state index in [-0.39, 0.29) is 0 Å². The van der Waals surface area contributed by atoms with E-state index < -0.39 is 5.97 Å². The van der Waals surface area contributed by atoms with Crippen LogP contribution >= 0.6 is 11.3 Å². The van der Waals surface area contributed by atoms with Crippen LogP contribution in [0.1, 0.15) is 59.1 Å². The highest BCUT2D eigenvalue weighted by Crippen LogP contribution is 2.30. The zero-order chi connectivity index (χ0) is 14.5. The summed E-state index contributed by atoms with van der Waals surface area (Å²) in [5, 5.41) is 12.4. The smallest absolute Gasteiger partial charge is 0.345 e. The van der Waals surface area contributed by atoms with Crippen molar-refractivity contribution in [2.75, 3.05) is 6.54 Å². The number of rotatable bonds is 6. The van der Waals surface area contributed by atoms with Gasteiger partial charge in [-0.05, 0) is 43.4 Å². The van der Waals surface area contributed by atoms with Crippen molar-refractivity contribution in [3.8, 4) is 0 Å². The zero-order valence-electron chi connectivity index (χ0n) is 12.4. The van der Waals surface area contributed by atoms with Crippen molar-refractivity contribution >= 4 is 17.3 Å². The summed E-state index contributed by atoms with van der Waals surface area (Å²) in [6, 6.07) is 1.80. The number of nitrogens with one attached hydrogen (secondary N) is 1. The van der Waals surface area contributed by atoms with E-state index in [4.69, 9.17) is 5.11 Å². The Morgan fingerprint density at radius 3 is 2.70 bits per heavy atom. The Morgan fingerprint density at radius 2 is 2.10 bits per heavy atom. The second kappa shape index (κ2) is 7.23. The van der Waals surface area contributed by atoms with E-state index in [2.05, 4.69) is 12.2 Å². The fourth-order valence-corrected chi connectivity index (χ4v) is 3.83. The largest absolute Gasteiger partial charge is 0.477 e. The average Bonchev–Trinajstić information content (AvgIpc) is 2.79. The molecule has 0 bridgehead atoms. The van der Waals surface area contributed by atoms with E-state index in [1.54, 1.807) is 6.07 Å². The topological polar surface area (TPSA) is 49.3 Å². The summed E-state index contributed by atoms with van der Waals surface area (Å²) in [6.07, 6.45) is 6.78. The van der Waals surface area contributed by atoms with Gasteiger partial charge in [-0.3, -0.25) is 0 Å². The maximum absolute atomic E-state index is 10.9. The Bertz CT molecular complexity index is 447. The van der Waals surface area contributed by atoms with Gasteiger partial charge in [0.25, 0.3) is 0 Å². The van der Waals surface area contributed by atoms with Gasteiger partial charge in [-0.1, -0.05) is 32.6 Å². The van der Waals surface area contributed by atoms with Crippen molar-refractivity contribution < 1.29 is 9.90 Å². The second-order valence-electron chi connectivity index (χ2n) is 6.09. The molecule has 112 valence electrons. The summed E-state index contributed by atoms with van der Waals surface area (Å²) in [5.74, 6) is 0.986. The van der Waals surface area contributed by atoms with Gasteiger partial charge in [-0.25, -0.2) is 4.79 Å². The van der Waals surface area contributed by atoms with Gasteiger partial charge in [-0.2, -0.15) is 0 Å². The van der Waals surface area contributed by atoms with Gasteiger partial charge in [0.05, 0.1) is 0 Å². The van der Waals surface area contributed by atoms with E-state index in [1.165, 1.54) is 43.4 Å². The predicted molar refractivity (Wildman–Crippen MR) is 83.5 cm³/mol. The number of carboxylic acids is 1. The molecule has 20 heavy (non-hydrogen) atoms. The average molecular weight is 295 g/mol. The standard InChI is InChI=1S/C16H25NO2S/c1-11-3-5-13(6-4-11)7-8-17-10-14-9-15(16(18)19)20-12(14)2/h9,11,13,17H,3-8,10H2,1-2H3,(H,18,19). The van der Waals surface area contributed by atoms with Crippen molar-refractivity contribution in [1.29, 1.82) is 0 Å². The molecule has 0 spiro atoms. The first-order chi connectivity index (χ1) is 9.56. The molecule has 0 atom stereocenters. The Labute approximate surface area is 125 Å². The molecule has 1 aliphatic carbocycles. The minimum absolute atomic E-state index is 0.445. The van der Waals surface area contributed by atoms with E-state index in [0.717, 1.165) is 35.4 Å². The van der Waals surface area contributed by atoms with Crippen LogP contribution in [0.15, 0.2) is 6.07 Å². The number of carbonyl (C=O) groups is 1. The number of hydrogen-bond acceptors (Lipinski definition) is 3. The number of aromatic carboxylic acids is 1. The first-order valence-electron chi connectivity index (χ1n) is 7.59. The summed E-state index contributed by atoms with van der Waals surface area (Å²) >= 11 is 1.37. The zero-order valence-corrected chi connectivity index (χ0v) is 13.3. The van der Waals surface area contributed by atoms with Crippen LogP contribution in [-0.2, 0) is 6.54 Å². The molecule has 0 saturated heterocycles. The fourth-order valence-electron chi connectivity index (χ4n) is 2.95. The van der Waals surface area contributed by atoms with Gasteiger partial charge in [0.1, 0.15) is 4.88 Å². The van der Waals surface area contributed by atoms with E-state index >= 15 is 0 Å². The van der Waals surface area contributed by atoms with Crippen molar-refractivity contribution in [2.24, 2.45) is 11.8 Å². The van der Waals surface area contributed by atoms with Gasteiger partial charge in [-0.15, -0.1) is 11.3 Å². The fraction of sp³-hybridized carbons (Fsp3) is 0.688. The summed E-state index contributed by atoms with van der Waals surface area (Å²) in [4.78, 5) is 12.5. The highest BCUT2D eigenvalue weighted by Gasteiger charge is 2.17. The molecular formula is C16H25NO2S. The lowest BCUT2D eigenvalue weighted by atomic mass is 9.81. The molecule has 3 nitrogen and oxygen atoms in total. The van der Waals surface area contributed by atoms with Crippen LogP contribution < -0.4 is 5.32 Å². The van der Waals surface area contributed by atoms with Crippen LogP contribution in [0.2, 0.25) is 0 Å². The van der Waals surface area contributed by atoms with Crippen LogP contribution in [0, 0.1) is 18.8 Å².